The first kappa shape index (κ1) is 10.4. The summed E-state index contributed by atoms with van der Waals surface area (Å²) < 4.78 is 5.67. The minimum absolute atomic E-state index is 0.197. The lowest BCUT2D eigenvalue weighted by molar-refractivity contribution is -0.119. The molecule has 0 aromatic carbocycles. The van der Waals surface area contributed by atoms with E-state index in [0.717, 1.165) is 12.8 Å². The highest BCUT2D eigenvalue weighted by Gasteiger charge is 2.45. The fourth-order valence-electron chi connectivity index (χ4n) is 2.79. The summed E-state index contributed by atoms with van der Waals surface area (Å²) >= 11 is 0. The lowest BCUT2D eigenvalue weighted by Gasteiger charge is -2.36. The second-order valence-corrected chi connectivity index (χ2v) is 4.97. The highest BCUT2D eigenvalue weighted by molar-refractivity contribution is 4.97. The van der Waals surface area contributed by atoms with E-state index in [9.17, 15) is 5.11 Å². The number of methoxy groups -OCH3 is 1. The Morgan fingerprint density at radius 2 is 1.71 bits per heavy atom. The summed E-state index contributed by atoms with van der Waals surface area (Å²) in [5.41, 5.74) is -0.197. The summed E-state index contributed by atoms with van der Waals surface area (Å²) in [6, 6.07) is 0. The third-order valence-corrected chi connectivity index (χ3v) is 3.96. The van der Waals surface area contributed by atoms with Crippen molar-refractivity contribution in [2.75, 3.05) is 7.11 Å². The van der Waals surface area contributed by atoms with Crippen LogP contribution in [0.1, 0.15) is 51.4 Å². The van der Waals surface area contributed by atoms with Crippen molar-refractivity contribution in [2.24, 2.45) is 5.92 Å². The van der Waals surface area contributed by atoms with Gasteiger partial charge < -0.3 is 9.84 Å². The largest absolute Gasteiger partial charge is 0.390 e. The molecule has 0 saturated heterocycles. The zero-order valence-corrected chi connectivity index (χ0v) is 9.17. The minimum atomic E-state index is -0.203. The zero-order chi connectivity index (χ0) is 10.0. The zero-order valence-electron chi connectivity index (χ0n) is 9.17. The van der Waals surface area contributed by atoms with Crippen molar-refractivity contribution in [3.8, 4) is 0 Å². The first-order valence-corrected chi connectivity index (χ1v) is 6.02. The molecule has 2 aliphatic carbocycles. The smallest absolute Gasteiger partial charge is 0.0939 e. The van der Waals surface area contributed by atoms with Crippen molar-refractivity contribution in [3.63, 3.8) is 0 Å². The second-order valence-electron chi connectivity index (χ2n) is 4.97. The van der Waals surface area contributed by atoms with Crippen LogP contribution < -0.4 is 0 Å². The van der Waals surface area contributed by atoms with E-state index in [1.807, 2.05) is 0 Å². The molecular formula is C12H22O2. The molecule has 2 saturated carbocycles. The number of hydrogen-bond acceptors (Lipinski definition) is 2. The molecule has 0 aliphatic heterocycles. The predicted octanol–water partition coefficient (Wildman–Crippen LogP) is 2.50. The molecule has 2 aliphatic rings. The Balaban J connectivity index is 2.04. The van der Waals surface area contributed by atoms with Gasteiger partial charge in [-0.3, -0.25) is 0 Å². The predicted molar refractivity (Wildman–Crippen MR) is 56.2 cm³/mol. The van der Waals surface area contributed by atoms with E-state index in [4.69, 9.17) is 4.74 Å². The number of rotatable bonds is 3. The van der Waals surface area contributed by atoms with Crippen LogP contribution in [0, 0.1) is 5.92 Å². The Morgan fingerprint density at radius 1 is 1.14 bits per heavy atom. The van der Waals surface area contributed by atoms with Gasteiger partial charge in [0.15, 0.2) is 0 Å². The fraction of sp³-hybridized carbons (Fsp3) is 1.00. The molecular weight excluding hydrogens is 176 g/mol. The molecule has 1 atom stereocenters. The van der Waals surface area contributed by atoms with Crippen LogP contribution >= 0.6 is 0 Å². The summed E-state index contributed by atoms with van der Waals surface area (Å²) in [6.45, 7) is 0. The molecule has 82 valence electrons. The first-order chi connectivity index (χ1) is 6.78. The molecule has 0 aromatic heterocycles. The number of aliphatic hydroxyl groups excluding tert-OH is 1. The maximum absolute atomic E-state index is 10.3. The molecule has 2 nitrogen and oxygen atoms in total. The number of ether oxygens (including phenoxy) is 1. The van der Waals surface area contributed by atoms with E-state index >= 15 is 0 Å². The van der Waals surface area contributed by atoms with E-state index in [-0.39, 0.29) is 11.7 Å². The summed E-state index contributed by atoms with van der Waals surface area (Å²) in [4.78, 5) is 0. The Hall–Kier alpha value is -0.0800. The topological polar surface area (TPSA) is 29.5 Å². The van der Waals surface area contributed by atoms with Crippen LogP contribution in [-0.2, 0) is 4.74 Å². The van der Waals surface area contributed by atoms with Crippen molar-refractivity contribution >= 4 is 0 Å². The molecule has 0 radical (unpaired) electrons. The van der Waals surface area contributed by atoms with Crippen molar-refractivity contribution in [1.82, 2.24) is 0 Å². The Bertz CT molecular complexity index is 179. The second kappa shape index (κ2) is 4.19. The van der Waals surface area contributed by atoms with Gasteiger partial charge in [-0.2, -0.15) is 0 Å². The molecule has 2 rings (SSSR count). The summed E-state index contributed by atoms with van der Waals surface area (Å²) in [5.74, 6) is 0.535. The Kier molecular flexibility index (Phi) is 3.13. The minimum Gasteiger partial charge on any atom is -0.390 e. The Morgan fingerprint density at radius 3 is 2.14 bits per heavy atom. The van der Waals surface area contributed by atoms with Crippen LogP contribution in [-0.4, -0.2) is 23.9 Å². The van der Waals surface area contributed by atoms with E-state index in [0.29, 0.717) is 5.92 Å². The number of aliphatic hydroxyl groups is 1. The highest BCUT2D eigenvalue weighted by atomic mass is 16.5. The Labute approximate surface area is 86.6 Å². The average molecular weight is 198 g/mol. The lowest BCUT2D eigenvalue weighted by Crippen LogP contribution is -2.45. The molecule has 0 aromatic rings. The van der Waals surface area contributed by atoms with Gasteiger partial charge in [-0.15, -0.1) is 0 Å². The summed E-state index contributed by atoms with van der Waals surface area (Å²) in [5, 5.41) is 10.3. The summed E-state index contributed by atoms with van der Waals surface area (Å²) in [7, 11) is 1.77. The molecule has 2 fully saturated rings. The monoisotopic (exact) mass is 198 g/mol. The maximum atomic E-state index is 10.3. The third-order valence-electron chi connectivity index (χ3n) is 3.96. The van der Waals surface area contributed by atoms with E-state index < -0.39 is 0 Å². The highest BCUT2D eigenvalue weighted by Crippen LogP contribution is 2.43. The first-order valence-electron chi connectivity index (χ1n) is 6.02. The lowest BCUT2D eigenvalue weighted by atomic mass is 9.85. The number of hydrogen-bond donors (Lipinski definition) is 1. The van der Waals surface area contributed by atoms with E-state index in [1.165, 1.54) is 38.5 Å². The van der Waals surface area contributed by atoms with Crippen LogP contribution in [0.15, 0.2) is 0 Å². The van der Waals surface area contributed by atoms with Crippen molar-refractivity contribution < 1.29 is 9.84 Å². The van der Waals surface area contributed by atoms with Gasteiger partial charge in [0.05, 0.1) is 11.7 Å². The van der Waals surface area contributed by atoms with Gasteiger partial charge in [0, 0.05) is 7.11 Å². The van der Waals surface area contributed by atoms with Gasteiger partial charge >= 0.3 is 0 Å². The van der Waals surface area contributed by atoms with Gasteiger partial charge in [0.1, 0.15) is 0 Å². The van der Waals surface area contributed by atoms with Crippen molar-refractivity contribution in [3.05, 3.63) is 0 Å². The van der Waals surface area contributed by atoms with Gasteiger partial charge in [-0.25, -0.2) is 0 Å². The summed E-state index contributed by atoms with van der Waals surface area (Å²) in [6.07, 6.45) is 9.37. The normalized spacial score (nSPS) is 29.6. The average Bonchev–Trinajstić information content (AvgIpc) is 3.04. The molecule has 1 N–H and O–H groups in total. The van der Waals surface area contributed by atoms with Crippen LogP contribution in [0.3, 0.4) is 0 Å². The quantitative estimate of drug-likeness (QED) is 0.706. The third kappa shape index (κ3) is 1.96. The fourth-order valence-corrected chi connectivity index (χ4v) is 2.79. The van der Waals surface area contributed by atoms with Crippen molar-refractivity contribution in [2.45, 2.75) is 63.1 Å². The van der Waals surface area contributed by atoms with E-state index in [2.05, 4.69) is 0 Å². The molecule has 0 bridgehead atoms. The van der Waals surface area contributed by atoms with E-state index in [1.54, 1.807) is 7.11 Å². The van der Waals surface area contributed by atoms with Crippen molar-refractivity contribution in [1.29, 1.82) is 0 Å². The molecule has 14 heavy (non-hydrogen) atoms. The SMILES string of the molecule is COC1(C(O)C2CC2)CCCCCC1. The van der Waals surface area contributed by atoms with Gasteiger partial charge in [0.2, 0.25) is 0 Å². The van der Waals surface area contributed by atoms with Gasteiger partial charge in [-0.05, 0) is 31.6 Å². The molecule has 0 amide bonds. The van der Waals surface area contributed by atoms with Crippen LogP contribution in [0.5, 0.6) is 0 Å². The standard InChI is InChI=1S/C12H22O2/c1-14-12(11(13)10-6-7-10)8-4-2-3-5-9-12/h10-11,13H,2-9H2,1H3. The molecule has 1 unspecified atom stereocenters. The maximum Gasteiger partial charge on any atom is 0.0939 e. The van der Waals surface area contributed by atoms with Gasteiger partial charge in [0.25, 0.3) is 0 Å². The van der Waals surface area contributed by atoms with Gasteiger partial charge in [-0.1, -0.05) is 25.7 Å². The molecule has 0 spiro atoms. The van der Waals surface area contributed by atoms with Crippen LogP contribution in [0.4, 0.5) is 0 Å². The van der Waals surface area contributed by atoms with Crippen LogP contribution in [0.2, 0.25) is 0 Å². The molecule has 0 heterocycles. The van der Waals surface area contributed by atoms with Crippen LogP contribution in [0.25, 0.3) is 0 Å². The molecule has 2 heteroatoms.